The molecule has 0 aromatic carbocycles. The second-order valence-corrected chi connectivity index (χ2v) is 7.91. The van der Waals surface area contributed by atoms with Crippen LogP contribution in [0.2, 0.25) is 8.87 Å². The summed E-state index contributed by atoms with van der Waals surface area (Å²) in [5.74, 6) is 0. The van der Waals surface area contributed by atoms with Gasteiger partial charge in [-0.2, -0.15) is 4.89 Å². The average molecular weight is 367 g/mol. The van der Waals surface area contributed by atoms with Crippen molar-refractivity contribution in [2.45, 2.75) is 62.3 Å². The van der Waals surface area contributed by atoms with Crippen LogP contribution < -0.4 is 0 Å². The first-order chi connectivity index (χ1) is 8.72. The van der Waals surface area contributed by atoms with Gasteiger partial charge in [0.1, 0.15) is 0 Å². The molecule has 4 nitrogen and oxygen atoms in total. The fourth-order valence-electron chi connectivity index (χ4n) is 0.977. The van der Waals surface area contributed by atoms with E-state index in [-0.39, 0.29) is 21.1 Å². The molecule has 0 rings (SSSR count). The van der Waals surface area contributed by atoms with Crippen molar-refractivity contribution in [2.75, 3.05) is 13.2 Å². The minimum Gasteiger partial charge on any atom is -0.433 e. The maximum absolute atomic E-state index is 10.2. The SMILES string of the molecule is CCC[CH2][Sn][CH2]CCC.CCOOC(=O)OCC. The Morgan fingerprint density at radius 2 is 1.50 bits per heavy atom. The molecule has 0 unspecified atom stereocenters. The largest absolute Gasteiger partial charge is 0.540 e. The summed E-state index contributed by atoms with van der Waals surface area (Å²) in [5.41, 5.74) is 0. The number of unbranched alkanes of at least 4 members (excludes halogenated alkanes) is 2. The van der Waals surface area contributed by atoms with Gasteiger partial charge in [-0.25, -0.2) is 4.79 Å². The molecule has 0 amide bonds. The molecule has 0 spiro atoms. The van der Waals surface area contributed by atoms with Gasteiger partial charge in [-0.15, -0.1) is 0 Å². The molecule has 0 saturated carbocycles. The molecule has 2 radical (unpaired) electrons. The summed E-state index contributed by atoms with van der Waals surface area (Å²) in [5, 5.41) is 0. The monoisotopic (exact) mass is 368 g/mol. The van der Waals surface area contributed by atoms with Crippen LogP contribution in [0.25, 0.3) is 0 Å². The van der Waals surface area contributed by atoms with E-state index >= 15 is 0 Å². The Bertz CT molecular complexity index is 159. The van der Waals surface area contributed by atoms with Crippen molar-refractivity contribution in [3.8, 4) is 0 Å². The van der Waals surface area contributed by atoms with Gasteiger partial charge in [0.05, 0.1) is 13.2 Å². The van der Waals surface area contributed by atoms with Crippen molar-refractivity contribution >= 4 is 27.3 Å². The fraction of sp³-hybridized carbons (Fsp3) is 0.923. The zero-order valence-electron chi connectivity index (χ0n) is 12.3. The van der Waals surface area contributed by atoms with E-state index in [0.717, 1.165) is 0 Å². The number of hydrogen-bond donors (Lipinski definition) is 0. The van der Waals surface area contributed by atoms with Crippen LogP contribution in [0.5, 0.6) is 0 Å². The Morgan fingerprint density at radius 3 is 1.89 bits per heavy atom. The van der Waals surface area contributed by atoms with Gasteiger partial charge < -0.3 is 4.74 Å². The molecule has 0 aliphatic rings. The van der Waals surface area contributed by atoms with Crippen LogP contribution in [-0.2, 0) is 14.5 Å². The van der Waals surface area contributed by atoms with E-state index in [9.17, 15) is 4.79 Å². The third-order valence-corrected chi connectivity index (χ3v) is 5.96. The van der Waals surface area contributed by atoms with Crippen LogP contribution in [0, 0.1) is 0 Å². The number of carbonyl (C=O) groups is 1. The van der Waals surface area contributed by atoms with Gasteiger partial charge in [-0.3, -0.25) is 4.89 Å². The van der Waals surface area contributed by atoms with Gasteiger partial charge >= 0.3 is 75.7 Å². The molecule has 0 aromatic rings. The van der Waals surface area contributed by atoms with E-state index in [2.05, 4.69) is 28.4 Å². The Hall–Kier alpha value is 0.0287. The normalized spacial score (nSPS) is 9.33. The van der Waals surface area contributed by atoms with Crippen LogP contribution in [0.15, 0.2) is 0 Å². The van der Waals surface area contributed by atoms with Crippen molar-refractivity contribution in [3.05, 3.63) is 0 Å². The standard InChI is InChI=1S/C5H10O4.2C4H9.Sn/c1-3-7-5(6)9-8-4-2;2*1-3-4-2;/h3-4H2,1-2H3;2*1,3-4H2,2H3;. The van der Waals surface area contributed by atoms with Crippen LogP contribution in [0.4, 0.5) is 4.79 Å². The number of rotatable bonds is 9. The number of carbonyl (C=O) groups excluding carboxylic acids is 1. The molecule has 0 N–H and O–H groups in total. The maximum atomic E-state index is 10.2. The van der Waals surface area contributed by atoms with Gasteiger partial charge in [0, 0.05) is 0 Å². The smallest absolute Gasteiger partial charge is 0.433 e. The molecular formula is C13H28O4Sn. The summed E-state index contributed by atoms with van der Waals surface area (Å²) in [6.45, 7) is 8.61. The quantitative estimate of drug-likeness (QED) is 0.201. The molecule has 0 aromatic heterocycles. The van der Waals surface area contributed by atoms with Gasteiger partial charge in [0.25, 0.3) is 0 Å². The number of ether oxygens (including phenoxy) is 1. The molecule has 5 heteroatoms. The molecule has 108 valence electrons. The topological polar surface area (TPSA) is 44.8 Å². The van der Waals surface area contributed by atoms with E-state index in [1.54, 1.807) is 22.7 Å². The first kappa shape index (κ1) is 20.3. The Labute approximate surface area is 122 Å². The van der Waals surface area contributed by atoms with Crippen molar-refractivity contribution in [3.63, 3.8) is 0 Å². The zero-order chi connectivity index (χ0) is 14.1. The average Bonchev–Trinajstić information content (AvgIpc) is 2.37. The molecule has 0 heterocycles. The summed E-state index contributed by atoms with van der Waals surface area (Å²) in [4.78, 5) is 18.6. The first-order valence-corrected chi connectivity index (χ1v) is 10.9. The summed E-state index contributed by atoms with van der Waals surface area (Å²) < 4.78 is 7.61. The van der Waals surface area contributed by atoms with E-state index in [1.165, 1.54) is 25.7 Å². The molecule has 0 saturated heterocycles. The maximum Gasteiger partial charge on any atom is 0.540 e. The van der Waals surface area contributed by atoms with Crippen molar-refractivity contribution in [2.24, 2.45) is 0 Å². The minimum absolute atomic E-state index is 0.149. The Morgan fingerprint density at radius 1 is 0.944 bits per heavy atom. The van der Waals surface area contributed by atoms with Crippen molar-refractivity contribution < 1.29 is 19.3 Å². The zero-order valence-corrected chi connectivity index (χ0v) is 15.1. The predicted molar refractivity (Wildman–Crippen MR) is 74.9 cm³/mol. The molecule has 18 heavy (non-hydrogen) atoms. The van der Waals surface area contributed by atoms with E-state index in [1.807, 2.05) is 0 Å². The summed E-state index contributed by atoms with van der Waals surface area (Å²) in [6.07, 6.45) is 5.05. The summed E-state index contributed by atoms with van der Waals surface area (Å²) in [6, 6.07) is 0. The summed E-state index contributed by atoms with van der Waals surface area (Å²) >= 11 is 0.149. The van der Waals surface area contributed by atoms with Crippen molar-refractivity contribution in [1.29, 1.82) is 0 Å². The fourth-order valence-corrected chi connectivity index (χ4v) is 5.14. The molecule has 0 bridgehead atoms. The number of hydrogen-bond acceptors (Lipinski definition) is 4. The second-order valence-electron chi connectivity index (χ2n) is 3.63. The minimum atomic E-state index is -0.792. The molecule has 0 atom stereocenters. The molecule has 0 aliphatic carbocycles. The Balaban J connectivity index is 0. The third kappa shape index (κ3) is 21.3. The van der Waals surface area contributed by atoms with E-state index < -0.39 is 6.16 Å². The summed E-state index contributed by atoms with van der Waals surface area (Å²) in [7, 11) is 0. The first-order valence-electron chi connectivity index (χ1n) is 6.89. The Kier molecular flexibility index (Phi) is 21.9. The van der Waals surface area contributed by atoms with Gasteiger partial charge in [0.15, 0.2) is 0 Å². The van der Waals surface area contributed by atoms with Crippen molar-refractivity contribution in [1.82, 2.24) is 0 Å². The van der Waals surface area contributed by atoms with Crippen LogP contribution in [-0.4, -0.2) is 40.5 Å². The predicted octanol–water partition coefficient (Wildman–Crippen LogP) is 4.24. The van der Waals surface area contributed by atoms with Gasteiger partial charge in [-0.1, -0.05) is 0 Å². The van der Waals surface area contributed by atoms with Crippen LogP contribution in [0.3, 0.4) is 0 Å². The van der Waals surface area contributed by atoms with E-state index in [4.69, 9.17) is 0 Å². The second kappa shape index (κ2) is 19.4. The molecule has 0 aliphatic heterocycles. The van der Waals surface area contributed by atoms with Gasteiger partial charge in [0.2, 0.25) is 0 Å². The third-order valence-electron chi connectivity index (χ3n) is 1.92. The van der Waals surface area contributed by atoms with E-state index in [0.29, 0.717) is 13.2 Å². The van der Waals surface area contributed by atoms with Crippen LogP contribution >= 0.6 is 0 Å². The van der Waals surface area contributed by atoms with Crippen LogP contribution in [0.1, 0.15) is 53.4 Å². The molecular weight excluding hydrogens is 339 g/mol. The van der Waals surface area contributed by atoms with Gasteiger partial charge in [-0.05, 0) is 13.8 Å². The molecule has 0 fully saturated rings.